The number of alkyl carbamates (subject to hydrolysis) is 1. The zero-order valence-corrected chi connectivity index (χ0v) is 19.8. The van der Waals surface area contributed by atoms with Crippen LogP contribution in [-0.4, -0.2) is 36.2 Å². The molecule has 0 aliphatic heterocycles. The first kappa shape index (κ1) is 24.3. The van der Waals surface area contributed by atoms with E-state index in [1.807, 2.05) is 36.4 Å². The average Bonchev–Trinajstić information content (AvgIpc) is 3.16. The number of carboxylic acids is 1. The summed E-state index contributed by atoms with van der Waals surface area (Å²) in [6.45, 7) is 0.247. The molecule has 1 aliphatic rings. The van der Waals surface area contributed by atoms with E-state index >= 15 is 0 Å². The third-order valence-corrected chi connectivity index (χ3v) is 6.11. The Balaban J connectivity index is 1.28. The number of ether oxygens (including phenoxy) is 1. The zero-order chi connectivity index (χ0) is 24.9. The summed E-state index contributed by atoms with van der Waals surface area (Å²) in [5, 5.41) is 14.1. The number of fused-ring (bicyclic) bond motifs is 3. The number of hydrogen-bond acceptors (Lipinski definition) is 4. The molecule has 0 spiro atoms. The van der Waals surface area contributed by atoms with Crippen LogP contribution in [0.3, 0.4) is 0 Å². The summed E-state index contributed by atoms with van der Waals surface area (Å²) in [5.74, 6) is -1.78. The van der Waals surface area contributed by atoms with Gasteiger partial charge in [-0.1, -0.05) is 77.8 Å². The van der Waals surface area contributed by atoms with E-state index in [0.29, 0.717) is 0 Å². The van der Waals surface area contributed by atoms with Crippen molar-refractivity contribution in [3.8, 4) is 11.1 Å². The van der Waals surface area contributed by atoms with E-state index < -0.39 is 18.0 Å². The normalized spacial score (nSPS) is 12.2. The number of hydrogen-bond donors (Lipinski definition) is 3. The molecule has 0 fully saturated rings. The summed E-state index contributed by atoms with van der Waals surface area (Å²) in [7, 11) is 0. The predicted octanol–water partition coefficient (Wildman–Crippen LogP) is 5.73. The van der Waals surface area contributed by atoms with E-state index in [1.54, 1.807) is 0 Å². The third kappa shape index (κ3) is 5.48. The van der Waals surface area contributed by atoms with Crippen LogP contribution in [0.5, 0.6) is 0 Å². The highest BCUT2D eigenvalue weighted by Gasteiger charge is 2.28. The molecule has 0 atom stereocenters. The van der Waals surface area contributed by atoms with Gasteiger partial charge in [0.1, 0.15) is 6.61 Å². The number of amides is 2. The van der Waals surface area contributed by atoms with Crippen molar-refractivity contribution in [3.63, 3.8) is 0 Å². The maximum absolute atomic E-state index is 12.2. The fourth-order valence-electron chi connectivity index (χ4n) is 3.94. The second-order valence-electron chi connectivity index (χ2n) is 7.72. The van der Waals surface area contributed by atoms with Crippen LogP contribution in [0.15, 0.2) is 72.8 Å². The molecule has 3 N–H and O–H groups in total. The van der Waals surface area contributed by atoms with Crippen molar-refractivity contribution in [3.05, 3.63) is 99.6 Å². The largest absolute Gasteiger partial charge is 0.478 e. The average molecular weight is 511 g/mol. The number of anilines is 1. The first-order chi connectivity index (χ1) is 16.8. The topological polar surface area (TPSA) is 105 Å². The fraction of sp³-hybridized carbons (Fsp3) is 0.115. The monoisotopic (exact) mass is 510 g/mol. The summed E-state index contributed by atoms with van der Waals surface area (Å²) in [6.07, 6.45) is 2.03. The van der Waals surface area contributed by atoms with Crippen LogP contribution in [0.25, 0.3) is 11.1 Å². The van der Waals surface area contributed by atoms with Gasteiger partial charge < -0.3 is 20.5 Å². The summed E-state index contributed by atoms with van der Waals surface area (Å²) < 4.78 is 5.44. The molecule has 3 aromatic carbocycles. The van der Waals surface area contributed by atoms with E-state index in [2.05, 4.69) is 22.8 Å². The molecule has 3 aromatic rings. The SMILES string of the molecule is O=C(/C=C/CNC(=O)OCC1c2ccccc2-c2ccccc21)Nc1c(Cl)cc(C(=O)O)cc1Cl. The van der Waals surface area contributed by atoms with Crippen molar-refractivity contribution in [1.82, 2.24) is 5.32 Å². The summed E-state index contributed by atoms with van der Waals surface area (Å²) in [5.41, 5.74) is 4.52. The zero-order valence-electron chi connectivity index (χ0n) is 18.3. The van der Waals surface area contributed by atoms with Crippen LogP contribution in [0, 0.1) is 0 Å². The molecule has 2 amide bonds. The highest BCUT2D eigenvalue weighted by molar-refractivity contribution is 6.40. The number of carbonyl (C=O) groups is 3. The Labute approximate surface area is 211 Å². The number of carbonyl (C=O) groups excluding carboxylic acids is 2. The minimum absolute atomic E-state index is 0.00610. The molecular formula is C26H20Cl2N2O5. The number of benzene rings is 3. The number of rotatable bonds is 7. The van der Waals surface area contributed by atoms with Crippen molar-refractivity contribution in [2.45, 2.75) is 5.92 Å². The van der Waals surface area contributed by atoms with Crippen molar-refractivity contribution in [1.29, 1.82) is 0 Å². The molecule has 0 bridgehead atoms. The molecule has 1 aliphatic carbocycles. The van der Waals surface area contributed by atoms with Crippen molar-refractivity contribution in [2.75, 3.05) is 18.5 Å². The lowest BCUT2D eigenvalue weighted by atomic mass is 9.98. The summed E-state index contributed by atoms with van der Waals surface area (Å²) in [4.78, 5) is 35.4. The van der Waals surface area contributed by atoms with Crippen molar-refractivity contribution >= 4 is 46.9 Å². The Kier molecular flexibility index (Phi) is 7.39. The van der Waals surface area contributed by atoms with Crippen molar-refractivity contribution < 1.29 is 24.2 Å². The Bertz CT molecular complexity index is 1270. The number of aromatic carboxylic acids is 1. The molecule has 0 heterocycles. The first-order valence-corrected chi connectivity index (χ1v) is 11.4. The minimum Gasteiger partial charge on any atom is -0.478 e. The molecule has 0 saturated carbocycles. The van der Waals surface area contributed by atoms with Gasteiger partial charge in [-0.3, -0.25) is 4.79 Å². The Hall–Kier alpha value is -3.81. The molecule has 9 heteroatoms. The number of carboxylic acid groups (broad SMARTS) is 1. The highest BCUT2D eigenvalue weighted by Crippen LogP contribution is 2.44. The van der Waals surface area contributed by atoms with E-state index in [1.165, 1.54) is 24.3 Å². The van der Waals surface area contributed by atoms with Crippen LogP contribution < -0.4 is 10.6 Å². The minimum atomic E-state index is -1.19. The van der Waals surface area contributed by atoms with E-state index in [9.17, 15) is 14.4 Å². The quantitative estimate of drug-likeness (QED) is 0.352. The summed E-state index contributed by atoms with van der Waals surface area (Å²) in [6, 6.07) is 18.5. The van der Waals surface area contributed by atoms with Crippen LogP contribution in [0.2, 0.25) is 10.0 Å². The highest BCUT2D eigenvalue weighted by atomic mass is 35.5. The van der Waals surface area contributed by atoms with Gasteiger partial charge in [0, 0.05) is 18.5 Å². The second kappa shape index (κ2) is 10.6. The molecule has 0 saturated heterocycles. The maximum atomic E-state index is 12.2. The Morgan fingerprint density at radius 2 is 1.51 bits per heavy atom. The maximum Gasteiger partial charge on any atom is 0.407 e. The molecule has 178 valence electrons. The number of nitrogens with one attached hydrogen (secondary N) is 2. The lowest BCUT2D eigenvalue weighted by Gasteiger charge is -2.14. The van der Waals surface area contributed by atoms with Crippen LogP contribution in [0.1, 0.15) is 27.4 Å². The van der Waals surface area contributed by atoms with E-state index in [0.717, 1.165) is 22.3 Å². The predicted molar refractivity (Wildman–Crippen MR) is 134 cm³/mol. The van der Waals surface area contributed by atoms with E-state index in [4.69, 9.17) is 33.0 Å². The van der Waals surface area contributed by atoms with Crippen LogP contribution in [0.4, 0.5) is 10.5 Å². The van der Waals surface area contributed by atoms with Gasteiger partial charge in [-0.05, 0) is 34.4 Å². The van der Waals surface area contributed by atoms with Crippen molar-refractivity contribution in [2.24, 2.45) is 0 Å². The van der Waals surface area contributed by atoms with E-state index in [-0.39, 0.29) is 40.4 Å². The Morgan fingerprint density at radius 3 is 2.09 bits per heavy atom. The van der Waals surface area contributed by atoms with Gasteiger partial charge in [0.2, 0.25) is 5.91 Å². The van der Waals surface area contributed by atoms with Gasteiger partial charge in [0.25, 0.3) is 0 Å². The van der Waals surface area contributed by atoms with Gasteiger partial charge in [0.15, 0.2) is 0 Å². The van der Waals surface area contributed by atoms with Crippen LogP contribution in [-0.2, 0) is 9.53 Å². The molecule has 0 radical (unpaired) electrons. The van der Waals surface area contributed by atoms with Gasteiger partial charge in [0.05, 0.1) is 21.3 Å². The molecule has 4 rings (SSSR count). The smallest absolute Gasteiger partial charge is 0.407 e. The molecule has 35 heavy (non-hydrogen) atoms. The summed E-state index contributed by atoms with van der Waals surface area (Å²) >= 11 is 12.0. The molecule has 0 aromatic heterocycles. The molecular weight excluding hydrogens is 491 g/mol. The fourth-order valence-corrected chi connectivity index (χ4v) is 4.52. The second-order valence-corrected chi connectivity index (χ2v) is 8.53. The van der Waals surface area contributed by atoms with Gasteiger partial charge >= 0.3 is 12.1 Å². The van der Waals surface area contributed by atoms with Gasteiger partial charge in [-0.15, -0.1) is 0 Å². The lowest BCUT2D eigenvalue weighted by Crippen LogP contribution is -2.26. The first-order valence-electron chi connectivity index (χ1n) is 10.6. The Morgan fingerprint density at radius 1 is 0.943 bits per heavy atom. The standard InChI is InChI=1S/C26H20Cl2N2O5/c27-21-12-15(25(32)33)13-22(28)24(21)30-23(31)10-5-11-29-26(34)35-14-20-18-8-3-1-6-16(18)17-7-2-4-9-19(17)20/h1-10,12-13,20H,11,14H2,(H,29,34)(H,30,31)(H,32,33)/b10-5+. The van der Waals surface area contributed by atoms with Gasteiger partial charge in [-0.25, -0.2) is 9.59 Å². The number of halogens is 2. The molecule has 7 nitrogen and oxygen atoms in total. The molecule has 0 unspecified atom stereocenters. The third-order valence-electron chi connectivity index (χ3n) is 5.51. The lowest BCUT2D eigenvalue weighted by molar-refractivity contribution is -0.111. The van der Waals surface area contributed by atoms with Gasteiger partial charge in [-0.2, -0.15) is 0 Å². The van der Waals surface area contributed by atoms with Crippen LogP contribution >= 0.6 is 23.2 Å².